The molecule has 0 aromatic carbocycles. The Morgan fingerprint density at radius 1 is 1.50 bits per heavy atom. The molecule has 136 valence electrons. The Morgan fingerprint density at radius 3 is 2.85 bits per heavy atom. The number of carbonyl (C=O) groups is 2. The molecule has 0 radical (unpaired) electrons. The summed E-state index contributed by atoms with van der Waals surface area (Å²) in [7, 11) is 0. The predicted octanol–water partition coefficient (Wildman–Crippen LogP) is 2.15. The van der Waals surface area contributed by atoms with Crippen molar-refractivity contribution in [3.8, 4) is 17.9 Å². The molecule has 0 saturated heterocycles. The molecule has 3 unspecified atom stereocenters. The Bertz CT molecular complexity index is 803. The summed E-state index contributed by atoms with van der Waals surface area (Å²) in [6.45, 7) is 4.57. The molecule has 2 aliphatic rings. The molecule has 1 fully saturated rings. The van der Waals surface area contributed by atoms with E-state index < -0.39 is 10.8 Å². The lowest BCUT2D eigenvalue weighted by Crippen LogP contribution is -2.44. The van der Waals surface area contributed by atoms with Gasteiger partial charge in [0.25, 0.3) is 0 Å². The van der Waals surface area contributed by atoms with Crippen molar-refractivity contribution >= 4 is 12.1 Å². The zero-order valence-corrected chi connectivity index (χ0v) is 15.3. The number of aldehydes is 1. The van der Waals surface area contributed by atoms with E-state index in [-0.39, 0.29) is 17.4 Å². The van der Waals surface area contributed by atoms with Gasteiger partial charge < -0.3 is 16.3 Å². The second kappa shape index (κ2) is 7.72. The van der Waals surface area contributed by atoms with Crippen molar-refractivity contribution in [2.75, 3.05) is 6.54 Å². The molecule has 0 aromatic heterocycles. The van der Waals surface area contributed by atoms with Crippen LogP contribution in [0.4, 0.5) is 0 Å². The Hall–Kier alpha value is -2.63. The van der Waals surface area contributed by atoms with Gasteiger partial charge in [-0.3, -0.25) is 4.79 Å². The second-order valence-corrected chi connectivity index (χ2v) is 7.31. The van der Waals surface area contributed by atoms with E-state index in [0.717, 1.165) is 30.3 Å². The minimum Gasteiger partial charge on any atom is -0.396 e. The molecule has 0 bridgehead atoms. The van der Waals surface area contributed by atoms with E-state index >= 15 is 0 Å². The van der Waals surface area contributed by atoms with Crippen molar-refractivity contribution in [2.45, 2.75) is 39.5 Å². The van der Waals surface area contributed by atoms with E-state index in [9.17, 15) is 9.59 Å². The van der Waals surface area contributed by atoms with Gasteiger partial charge in [0.1, 0.15) is 6.29 Å². The van der Waals surface area contributed by atoms with Gasteiger partial charge in [-0.1, -0.05) is 24.5 Å². The van der Waals surface area contributed by atoms with Crippen molar-refractivity contribution < 1.29 is 9.59 Å². The van der Waals surface area contributed by atoms with Crippen LogP contribution in [-0.2, 0) is 9.59 Å². The van der Waals surface area contributed by atoms with Crippen LogP contribution in [-0.4, -0.2) is 18.6 Å². The van der Waals surface area contributed by atoms with Crippen molar-refractivity contribution in [3.05, 3.63) is 35.1 Å². The number of rotatable bonds is 5. The maximum Gasteiger partial charge on any atom is 0.201 e. The van der Waals surface area contributed by atoms with Gasteiger partial charge in [0.05, 0.1) is 11.1 Å². The van der Waals surface area contributed by atoms with E-state index in [2.05, 4.69) is 17.9 Å². The van der Waals surface area contributed by atoms with Crippen LogP contribution in [0.3, 0.4) is 0 Å². The van der Waals surface area contributed by atoms with Gasteiger partial charge in [-0.15, -0.1) is 0 Å². The average molecular weight is 351 g/mol. The first-order valence-electron chi connectivity index (χ1n) is 8.81. The molecule has 26 heavy (non-hydrogen) atoms. The van der Waals surface area contributed by atoms with Crippen LogP contribution >= 0.6 is 0 Å². The molecular formula is C21H25N3O2. The molecule has 1 saturated carbocycles. The van der Waals surface area contributed by atoms with Crippen LogP contribution in [0.5, 0.6) is 0 Å². The maximum atomic E-state index is 12.3. The molecule has 3 atom stereocenters. The molecule has 0 spiro atoms. The molecule has 2 aliphatic carbocycles. The number of hydrogen-bond acceptors (Lipinski definition) is 5. The zero-order valence-electron chi connectivity index (χ0n) is 15.3. The molecule has 2 rings (SSSR count). The summed E-state index contributed by atoms with van der Waals surface area (Å²) >= 11 is 0. The van der Waals surface area contributed by atoms with Gasteiger partial charge in [0.15, 0.2) is 6.07 Å². The average Bonchev–Trinajstić information content (AvgIpc) is 2.58. The summed E-state index contributed by atoms with van der Waals surface area (Å²) in [5.41, 5.74) is 12.4. The highest BCUT2D eigenvalue weighted by atomic mass is 16.1. The maximum absolute atomic E-state index is 12.3. The molecule has 4 N–H and O–H groups in total. The van der Waals surface area contributed by atoms with Crippen LogP contribution in [0, 0.1) is 39.9 Å². The lowest BCUT2D eigenvalue weighted by molar-refractivity contribution is -0.111. The Kier molecular flexibility index (Phi) is 5.85. The predicted molar refractivity (Wildman–Crippen MR) is 100 cm³/mol. The Balaban J connectivity index is 2.69. The first kappa shape index (κ1) is 19.7. The molecule has 0 aromatic rings. The second-order valence-electron chi connectivity index (χ2n) is 7.31. The third-order valence-corrected chi connectivity index (χ3v) is 5.57. The fraction of sp³-hybridized carbons (Fsp3) is 0.476. The van der Waals surface area contributed by atoms with Crippen LogP contribution in [0.1, 0.15) is 39.5 Å². The number of carbonyl (C=O) groups excluding carboxylic acids is 2. The van der Waals surface area contributed by atoms with Gasteiger partial charge in [-0.2, -0.15) is 5.26 Å². The summed E-state index contributed by atoms with van der Waals surface area (Å²) in [5.74, 6) is 5.33. The summed E-state index contributed by atoms with van der Waals surface area (Å²) in [6.07, 6.45) is 8.80. The fourth-order valence-electron chi connectivity index (χ4n) is 4.31. The summed E-state index contributed by atoms with van der Waals surface area (Å²) in [5, 5.41) is 8.95. The number of allylic oxidation sites excluding steroid dienone is 4. The summed E-state index contributed by atoms with van der Waals surface area (Å²) in [6, 6.07) is 1.86. The standard InChI is InChI=1S/C21H25N3O2/c1-15(5-10-23)13-20(2)16(6-11-25)4-8-21(7-3-9-22)14-17(24)18(26)12-19(20)21/h11-14,16H,4-6,8,10,23-24H2,1-2H3/b15-13+. The third kappa shape index (κ3) is 3.49. The van der Waals surface area contributed by atoms with Gasteiger partial charge in [0.2, 0.25) is 5.78 Å². The number of ketones is 1. The van der Waals surface area contributed by atoms with Crippen LogP contribution in [0.25, 0.3) is 0 Å². The highest BCUT2D eigenvalue weighted by molar-refractivity contribution is 6.05. The van der Waals surface area contributed by atoms with Gasteiger partial charge >= 0.3 is 0 Å². The normalized spacial score (nSPS) is 30.9. The monoisotopic (exact) mass is 351 g/mol. The lowest BCUT2D eigenvalue weighted by atomic mass is 9.52. The van der Waals surface area contributed by atoms with Crippen LogP contribution in [0.2, 0.25) is 0 Å². The molecule has 5 nitrogen and oxygen atoms in total. The fourth-order valence-corrected chi connectivity index (χ4v) is 4.31. The molecular weight excluding hydrogens is 326 g/mol. The minimum atomic E-state index is -0.749. The quantitative estimate of drug-likeness (QED) is 0.448. The number of nitriles is 1. The van der Waals surface area contributed by atoms with Crippen LogP contribution < -0.4 is 11.5 Å². The highest BCUT2D eigenvalue weighted by Gasteiger charge is 2.51. The Labute approximate surface area is 154 Å². The number of nitrogens with zero attached hydrogens (tertiary/aromatic N) is 1. The highest BCUT2D eigenvalue weighted by Crippen LogP contribution is 2.57. The first-order chi connectivity index (χ1) is 12.3. The number of fused-ring (bicyclic) bond motifs is 1. The van der Waals surface area contributed by atoms with E-state index in [1.807, 2.05) is 19.9 Å². The van der Waals surface area contributed by atoms with Crippen molar-refractivity contribution in [2.24, 2.45) is 28.2 Å². The van der Waals surface area contributed by atoms with Gasteiger partial charge in [0, 0.05) is 17.8 Å². The van der Waals surface area contributed by atoms with E-state index in [4.69, 9.17) is 16.7 Å². The molecule has 0 aliphatic heterocycles. The molecule has 0 heterocycles. The lowest BCUT2D eigenvalue weighted by Gasteiger charge is -2.50. The largest absolute Gasteiger partial charge is 0.396 e. The van der Waals surface area contributed by atoms with Gasteiger partial charge in [-0.25, -0.2) is 0 Å². The van der Waals surface area contributed by atoms with Gasteiger partial charge in [-0.05, 0) is 56.4 Å². The van der Waals surface area contributed by atoms with Crippen molar-refractivity contribution in [1.29, 1.82) is 5.26 Å². The molecule has 0 amide bonds. The van der Waals surface area contributed by atoms with E-state index in [1.54, 1.807) is 12.2 Å². The topological polar surface area (TPSA) is 110 Å². The smallest absolute Gasteiger partial charge is 0.201 e. The number of nitrogens with two attached hydrogens (primary N) is 2. The third-order valence-electron chi connectivity index (χ3n) is 5.57. The zero-order chi connectivity index (χ0) is 19.4. The minimum absolute atomic E-state index is 0.0523. The number of hydrogen-bond donors (Lipinski definition) is 2. The van der Waals surface area contributed by atoms with E-state index in [1.165, 1.54) is 0 Å². The van der Waals surface area contributed by atoms with E-state index in [0.29, 0.717) is 19.4 Å². The molecule has 5 heteroatoms. The SMILES string of the molecule is C/C(=C\C1(C)C2=CC(=O)C(N)=CC2(C#CC#N)CCC1CC=O)CCN. The summed E-state index contributed by atoms with van der Waals surface area (Å²) < 4.78 is 0. The van der Waals surface area contributed by atoms with Crippen LogP contribution in [0.15, 0.2) is 35.1 Å². The summed E-state index contributed by atoms with van der Waals surface area (Å²) in [4.78, 5) is 23.6. The van der Waals surface area contributed by atoms with Crippen molar-refractivity contribution in [3.63, 3.8) is 0 Å². The Morgan fingerprint density at radius 2 is 2.23 bits per heavy atom. The first-order valence-corrected chi connectivity index (χ1v) is 8.81. The van der Waals surface area contributed by atoms with Crippen molar-refractivity contribution in [1.82, 2.24) is 0 Å².